The van der Waals surface area contributed by atoms with E-state index in [0.717, 1.165) is 84.7 Å². The van der Waals surface area contributed by atoms with Gasteiger partial charge >= 0.3 is 5.97 Å². The molecular weight excluding hydrogens is 651 g/mol. The Hall–Kier alpha value is -4.32. The molecule has 8 bridgehead atoms. The summed E-state index contributed by atoms with van der Waals surface area (Å²) in [5.74, 6) is -0.618. The molecule has 0 radical (unpaired) electrons. The first-order chi connectivity index (χ1) is 23.3. The van der Waals surface area contributed by atoms with Gasteiger partial charge in [0.15, 0.2) is 0 Å². The smallest absolute Gasteiger partial charge is 0.352 e. The van der Waals surface area contributed by atoms with Gasteiger partial charge in [0.05, 0.1) is 41.1 Å². The van der Waals surface area contributed by atoms with Crippen LogP contribution in [-0.4, -0.2) is 42.2 Å². The first-order valence-electron chi connectivity index (χ1n) is 16.3. The van der Waals surface area contributed by atoms with Crippen LogP contribution in [0.3, 0.4) is 0 Å². The fourth-order valence-corrected chi connectivity index (χ4v) is 8.60. The van der Waals surface area contributed by atoms with E-state index in [4.69, 9.17) is 21.4 Å². The lowest BCUT2D eigenvalue weighted by molar-refractivity contribution is 0.0685. The van der Waals surface area contributed by atoms with Crippen LogP contribution in [0.15, 0.2) is 42.5 Å². The van der Waals surface area contributed by atoms with Crippen molar-refractivity contribution >= 4 is 50.6 Å². The van der Waals surface area contributed by atoms with Crippen LogP contribution in [0.2, 0.25) is 5.02 Å². The second-order valence-electron chi connectivity index (χ2n) is 12.7. The number of fused-ring (bicyclic) bond motifs is 7. The van der Waals surface area contributed by atoms with Crippen molar-refractivity contribution < 1.29 is 19.0 Å². The molecule has 0 amide bonds. The summed E-state index contributed by atoms with van der Waals surface area (Å²) >= 11 is 8.63. The average molecular weight is 685 g/mol. The molecule has 12 heteroatoms. The maximum absolute atomic E-state index is 14.3. The fraction of sp³-hybridized carbons (Fsp3) is 0.333. The van der Waals surface area contributed by atoms with E-state index in [1.807, 2.05) is 31.2 Å². The molecule has 6 aromatic rings. The zero-order chi connectivity index (χ0) is 33.1. The highest BCUT2D eigenvalue weighted by Crippen LogP contribution is 2.45. The Morgan fingerprint density at radius 1 is 1.06 bits per heavy atom. The highest BCUT2D eigenvalue weighted by atomic mass is 35.5. The molecule has 0 saturated carbocycles. The SMILES string of the molecule is Cc1nn2c3c1-c1c(Cl)ccc4c(c(C(=O)O)n(C)c14)CCCOc1cc(cc4cc(F)ccc14)CCc1nnc(s1)CN[C@@H]3CCC2. The molecule has 9 nitrogen and oxygen atoms in total. The normalized spacial score (nSPS) is 16.9. The number of nitrogens with zero attached hydrogens (tertiary/aromatic N) is 5. The van der Waals surface area contributed by atoms with Crippen LogP contribution in [-0.2, 0) is 39.4 Å². The molecule has 3 aromatic carbocycles. The Balaban J connectivity index is 1.27. The Labute approximate surface area is 285 Å². The summed E-state index contributed by atoms with van der Waals surface area (Å²) < 4.78 is 24.5. The van der Waals surface area contributed by atoms with E-state index in [1.54, 1.807) is 29.0 Å². The summed E-state index contributed by atoms with van der Waals surface area (Å²) in [6, 6.07) is 12.5. The predicted molar refractivity (Wildman–Crippen MR) is 185 cm³/mol. The van der Waals surface area contributed by atoms with E-state index < -0.39 is 5.97 Å². The van der Waals surface area contributed by atoms with Crippen molar-refractivity contribution in [3.8, 4) is 16.9 Å². The Morgan fingerprint density at radius 2 is 1.90 bits per heavy atom. The number of aryl methyl sites for hydroxylation is 6. The van der Waals surface area contributed by atoms with Gasteiger partial charge in [-0.3, -0.25) is 4.68 Å². The minimum absolute atomic E-state index is 0.00465. The summed E-state index contributed by atoms with van der Waals surface area (Å²) in [4.78, 5) is 12.8. The van der Waals surface area contributed by atoms with Gasteiger partial charge in [-0.2, -0.15) is 5.10 Å². The van der Waals surface area contributed by atoms with E-state index >= 15 is 0 Å². The van der Waals surface area contributed by atoms with Crippen LogP contribution in [0.1, 0.15) is 68.3 Å². The van der Waals surface area contributed by atoms with Crippen LogP contribution in [0.4, 0.5) is 4.39 Å². The van der Waals surface area contributed by atoms with Gasteiger partial charge in [0.1, 0.15) is 27.3 Å². The van der Waals surface area contributed by atoms with Gasteiger partial charge in [0, 0.05) is 41.9 Å². The molecular formula is C36H34ClFN6O3S. The first-order valence-corrected chi connectivity index (χ1v) is 17.5. The van der Waals surface area contributed by atoms with Crippen LogP contribution in [0.25, 0.3) is 32.8 Å². The molecule has 8 rings (SSSR count). The molecule has 0 fully saturated rings. The number of hydrogen-bond donors (Lipinski definition) is 2. The quantitative estimate of drug-likeness (QED) is 0.184. The molecule has 0 saturated heterocycles. The van der Waals surface area contributed by atoms with Gasteiger partial charge in [-0.1, -0.05) is 23.7 Å². The maximum Gasteiger partial charge on any atom is 0.352 e. The van der Waals surface area contributed by atoms with E-state index in [0.29, 0.717) is 49.6 Å². The second-order valence-corrected chi connectivity index (χ2v) is 14.2. The number of rotatable bonds is 1. The van der Waals surface area contributed by atoms with Gasteiger partial charge in [-0.15, -0.1) is 21.5 Å². The summed E-state index contributed by atoms with van der Waals surface area (Å²) in [5.41, 5.74) is 6.43. The molecule has 1 atom stereocenters. The average Bonchev–Trinajstić information content (AvgIpc) is 3.74. The topological polar surface area (TPSA) is 107 Å². The van der Waals surface area contributed by atoms with Crippen molar-refractivity contribution in [2.24, 2.45) is 7.05 Å². The van der Waals surface area contributed by atoms with E-state index in [9.17, 15) is 14.3 Å². The number of benzene rings is 3. The lowest BCUT2D eigenvalue weighted by Gasteiger charge is -2.26. The molecule has 5 heterocycles. The van der Waals surface area contributed by atoms with Gasteiger partial charge < -0.3 is 19.7 Å². The van der Waals surface area contributed by atoms with Crippen molar-refractivity contribution in [1.29, 1.82) is 0 Å². The number of aromatic nitrogens is 5. The van der Waals surface area contributed by atoms with Crippen LogP contribution in [0, 0.1) is 12.7 Å². The van der Waals surface area contributed by atoms with Crippen LogP contribution in [0.5, 0.6) is 5.75 Å². The molecule has 2 aliphatic rings. The van der Waals surface area contributed by atoms with Crippen molar-refractivity contribution in [3.05, 3.63) is 91.5 Å². The van der Waals surface area contributed by atoms with Crippen molar-refractivity contribution in [3.63, 3.8) is 0 Å². The van der Waals surface area contributed by atoms with Gasteiger partial charge in [-0.05, 0) is 85.9 Å². The molecule has 0 unspecified atom stereocenters. The number of halogens is 2. The van der Waals surface area contributed by atoms with Crippen molar-refractivity contribution in [1.82, 2.24) is 29.9 Å². The predicted octanol–water partition coefficient (Wildman–Crippen LogP) is 7.58. The molecule has 2 aliphatic heterocycles. The zero-order valence-corrected chi connectivity index (χ0v) is 28.2. The molecule has 48 heavy (non-hydrogen) atoms. The van der Waals surface area contributed by atoms with Crippen LogP contribution >= 0.6 is 22.9 Å². The highest BCUT2D eigenvalue weighted by Gasteiger charge is 2.32. The van der Waals surface area contributed by atoms with Crippen LogP contribution < -0.4 is 10.1 Å². The van der Waals surface area contributed by atoms with Crippen molar-refractivity contribution in [2.45, 2.75) is 64.6 Å². The molecule has 246 valence electrons. The van der Waals surface area contributed by atoms with E-state index in [1.165, 1.54) is 12.1 Å². The third-order valence-corrected chi connectivity index (χ3v) is 10.9. The lowest BCUT2D eigenvalue weighted by atomic mass is 9.93. The third-order valence-electron chi connectivity index (χ3n) is 9.62. The monoisotopic (exact) mass is 684 g/mol. The Bertz CT molecular complexity index is 2240. The number of aromatic carboxylic acids is 1. The first kappa shape index (κ1) is 31.0. The lowest BCUT2D eigenvalue weighted by Crippen LogP contribution is -2.28. The Morgan fingerprint density at radius 3 is 2.75 bits per heavy atom. The number of hydrogen-bond acceptors (Lipinski definition) is 7. The maximum atomic E-state index is 14.3. The van der Waals surface area contributed by atoms with Gasteiger partial charge in [0.2, 0.25) is 0 Å². The van der Waals surface area contributed by atoms with Crippen molar-refractivity contribution in [2.75, 3.05) is 6.61 Å². The number of nitrogens with one attached hydrogen (secondary N) is 1. The molecule has 0 aliphatic carbocycles. The highest BCUT2D eigenvalue weighted by molar-refractivity contribution is 7.11. The van der Waals surface area contributed by atoms with Gasteiger partial charge in [-0.25, -0.2) is 9.18 Å². The minimum Gasteiger partial charge on any atom is -0.493 e. The summed E-state index contributed by atoms with van der Waals surface area (Å²) in [5, 5.41) is 33.0. The molecule has 3 aromatic heterocycles. The van der Waals surface area contributed by atoms with E-state index in [-0.39, 0.29) is 17.6 Å². The molecule has 0 spiro atoms. The van der Waals surface area contributed by atoms with E-state index in [2.05, 4.69) is 20.2 Å². The minimum atomic E-state index is -0.994. The number of carboxylic acid groups (broad SMARTS) is 1. The number of carbonyl (C=O) groups is 1. The largest absolute Gasteiger partial charge is 0.493 e. The van der Waals surface area contributed by atoms with Gasteiger partial charge in [0.25, 0.3) is 0 Å². The fourth-order valence-electron chi connectivity index (χ4n) is 7.56. The summed E-state index contributed by atoms with van der Waals surface area (Å²) in [6.45, 7) is 3.70. The Kier molecular flexibility index (Phi) is 7.93. The summed E-state index contributed by atoms with van der Waals surface area (Å²) in [7, 11) is 1.80. The second kappa shape index (κ2) is 12.3. The number of carboxylic acids is 1. The standard InChI is InChI=1S/C36H34ClFN6O3S/c1-19-31-32-26(37)11-10-25-24(34(36(45)46)43(2)33(25)32)5-4-14-47-28-16-20(15-21-17-22(38)8-9-23(21)28)7-12-29-40-41-30(48-29)18-39-27-6-3-13-44(42-19)35(27)31/h8-11,15-17,27,39H,3-7,12-14,18H2,1-2H3,(H,45,46)/t27-/m1/s1. The third kappa shape index (κ3) is 5.34. The summed E-state index contributed by atoms with van der Waals surface area (Å²) in [6.07, 6.45) is 4.36. The molecule has 2 N–H and O–H groups in total. The number of ether oxygens (including phenoxy) is 1. The zero-order valence-electron chi connectivity index (χ0n) is 26.6.